The third-order valence-corrected chi connectivity index (χ3v) is 5.82. The molecule has 4 aromatic rings. The number of hydrogen-bond donors (Lipinski definition) is 2. The Labute approximate surface area is 204 Å². The van der Waals surface area contributed by atoms with Crippen LogP contribution in [0.4, 0.5) is 0 Å². The van der Waals surface area contributed by atoms with Gasteiger partial charge >= 0.3 is 0 Å². The molecule has 0 radical (unpaired) electrons. The number of carbonyl (C=O) groups is 1. The van der Waals surface area contributed by atoms with Gasteiger partial charge in [0.05, 0.1) is 25.6 Å². The van der Waals surface area contributed by atoms with Crippen molar-refractivity contribution < 1.29 is 14.6 Å². The molecule has 3 aromatic carbocycles. The molecule has 0 spiro atoms. The third-order valence-electron chi connectivity index (χ3n) is 5.82. The number of carbonyl (C=O) groups excluding carboxylic acids is 1. The fourth-order valence-corrected chi connectivity index (χ4v) is 4.03. The van der Waals surface area contributed by atoms with Crippen molar-refractivity contribution in [1.82, 2.24) is 15.2 Å². The minimum absolute atomic E-state index is 0.454. The number of hydrazone groups is 1. The number of benzene rings is 3. The van der Waals surface area contributed by atoms with Crippen LogP contribution in [0.25, 0.3) is 0 Å². The summed E-state index contributed by atoms with van der Waals surface area (Å²) in [5.74, 6) is 0.0868. The van der Waals surface area contributed by atoms with Gasteiger partial charge in [0, 0.05) is 11.3 Å². The van der Waals surface area contributed by atoms with Crippen molar-refractivity contribution in [1.29, 1.82) is 0 Å². The summed E-state index contributed by atoms with van der Waals surface area (Å²) in [6.45, 7) is 4.51. The van der Waals surface area contributed by atoms with Crippen LogP contribution in [0.3, 0.4) is 0 Å². The summed E-state index contributed by atoms with van der Waals surface area (Å²) in [5, 5.41) is 20.2. The second kappa shape index (κ2) is 10.4. The van der Waals surface area contributed by atoms with Gasteiger partial charge in [0.15, 0.2) is 5.60 Å². The molecule has 0 saturated heterocycles. The van der Waals surface area contributed by atoms with Gasteiger partial charge in [0.25, 0.3) is 5.91 Å². The van der Waals surface area contributed by atoms with E-state index in [0.29, 0.717) is 17.7 Å². The molecule has 0 aliphatic rings. The van der Waals surface area contributed by atoms with Crippen LogP contribution in [0.5, 0.6) is 5.75 Å². The van der Waals surface area contributed by atoms with Crippen LogP contribution in [-0.2, 0) is 16.9 Å². The average Bonchev–Trinajstić information content (AvgIpc) is 3.20. The van der Waals surface area contributed by atoms with Gasteiger partial charge < -0.3 is 9.84 Å². The molecule has 178 valence electrons. The number of aromatic nitrogens is 2. The van der Waals surface area contributed by atoms with Crippen LogP contribution in [0.1, 0.15) is 33.6 Å². The monoisotopic (exact) mass is 468 g/mol. The predicted octanol–water partition coefficient (Wildman–Crippen LogP) is 3.94. The summed E-state index contributed by atoms with van der Waals surface area (Å²) in [4.78, 5) is 13.2. The second-order valence-electron chi connectivity index (χ2n) is 8.30. The summed E-state index contributed by atoms with van der Waals surface area (Å²) in [6, 6.07) is 25.3. The highest BCUT2D eigenvalue weighted by atomic mass is 16.5. The Hall–Kier alpha value is -4.23. The van der Waals surface area contributed by atoms with Gasteiger partial charge in [-0.3, -0.25) is 9.48 Å². The fourth-order valence-electron chi connectivity index (χ4n) is 4.03. The number of hydrogen-bond acceptors (Lipinski definition) is 5. The van der Waals surface area contributed by atoms with Crippen LogP contribution in [0, 0.1) is 13.8 Å². The molecule has 2 N–H and O–H groups in total. The first kappa shape index (κ1) is 23.9. The molecular weight excluding hydrogens is 440 g/mol. The highest BCUT2D eigenvalue weighted by molar-refractivity contribution is 5.91. The Morgan fingerprint density at radius 2 is 1.66 bits per heavy atom. The largest absolute Gasteiger partial charge is 0.496 e. The minimum Gasteiger partial charge on any atom is -0.496 e. The van der Waals surface area contributed by atoms with Gasteiger partial charge in [0.1, 0.15) is 5.75 Å². The molecule has 35 heavy (non-hydrogen) atoms. The highest BCUT2D eigenvalue weighted by Gasteiger charge is 2.39. The van der Waals surface area contributed by atoms with E-state index in [4.69, 9.17) is 4.74 Å². The molecule has 0 saturated carbocycles. The van der Waals surface area contributed by atoms with E-state index in [2.05, 4.69) is 15.6 Å². The molecule has 1 aromatic heterocycles. The van der Waals surface area contributed by atoms with Crippen molar-refractivity contribution in [3.8, 4) is 5.75 Å². The Balaban J connectivity index is 1.57. The number of rotatable bonds is 8. The van der Waals surface area contributed by atoms with Crippen molar-refractivity contribution in [2.75, 3.05) is 7.11 Å². The normalized spacial score (nSPS) is 11.5. The first-order chi connectivity index (χ1) is 16.9. The van der Waals surface area contributed by atoms with E-state index >= 15 is 0 Å². The van der Waals surface area contributed by atoms with Gasteiger partial charge in [-0.2, -0.15) is 10.2 Å². The zero-order valence-corrected chi connectivity index (χ0v) is 20.0. The van der Waals surface area contributed by atoms with Crippen LogP contribution >= 0.6 is 0 Å². The van der Waals surface area contributed by atoms with E-state index in [1.807, 2.05) is 54.9 Å². The number of amides is 1. The van der Waals surface area contributed by atoms with Crippen LogP contribution in [0.15, 0.2) is 90.0 Å². The first-order valence-electron chi connectivity index (χ1n) is 11.3. The molecule has 0 aliphatic carbocycles. The standard InChI is InChI=1S/C28H28N4O3/c1-20-16-21(2)32(31-20)19-23-17-22(14-15-26(23)35-3)18-29-30-27(33)28(34,24-10-6-4-7-11-24)25-12-8-5-9-13-25/h4-18,34H,19H2,1-3H3,(H,30,33)/b29-18+. The number of nitrogens with zero attached hydrogens (tertiary/aromatic N) is 3. The average molecular weight is 469 g/mol. The van der Waals surface area contributed by atoms with Crippen LogP contribution in [0.2, 0.25) is 0 Å². The predicted molar refractivity (Wildman–Crippen MR) is 135 cm³/mol. The molecule has 4 rings (SSSR count). The van der Waals surface area contributed by atoms with Gasteiger partial charge in [-0.1, -0.05) is 60.7 Å². The quantitative estimate of drug-likeness (QED) is 0.303. The Bertz CT molecular complexity index is 1290. The van der Waals surface area contributed by atoms with Gasteiger partial charge in [0.2, 0.25) is 0 Å². The van der Waals surface area contributed by atoms with E-state index in [1.165, 1.54) is 0 Å². The van der Waals surface area contributed by atoms with E-state index in [-0.39, 0.29) is 0 Å². The number of aryl methyl sites for hydroxylation is 2. The lowest BCUT2D eigenvalue weighted by atomic mass is 9.85. The number of methoxy groups -OCH3 is 1. The second-order valence-corrected chi connectivity index (χ2v) is 8.30. The van der Waals surface area contributed by atoms with E-state index in [0.717, 1.165) is 28.3 Å². The van der Waals surface area contributed by atoms with Crippen molar-refractivity contribution in [3.63, 3.8) is 0 Å². The Morgan fingerprint density at radius 3 is 2.20 bits per heavy atom. The van der Waals surface area contributed by atoms with E-state index in [9.17, 15) is 9.90 Å². The molecule has 0 fully saturated rings. The van der Waals surface area contributed by atoms with E-state index in [1.54, 1.807) is 61.9 Å². The molecule has 7 nitrogen and oxygen atoms in total. The minimum atomic E-state index is -1.89. The lowest BCUT2D eigenvalue weighted by molar-refractivity contribution is -0.136. The van der Waals surface area contributed by atoms with E-state index < -0.39 is 11.5 Å². The summed E-state index contributed by atoms with van der Waals surface area (Å²) < 4.78 is 7.43. The van der Waals surface area contributed by atoms with Crippen molar-refractivity contribution in [2.45, 2.75) is 26.0 Å². The smallest absolute Gasteiger partial charge is 0.281 e. The molecule has 0 bridgehead atoms. The van der Waals surface area contributed by atoms with Crippen molar-refractivity contribution >= 4 is 12.1 Å². The number of aliphatic hydroxyl groups is 1. The maximum Gasteiger partial charge on any atom is 0.281 e. The molecular formula is C28H28N4O3. The lowest BCUT2D eigenvalue weighted by Gasteiger charge is -2.27. The fraction of sp³-hybridized carbons (Fsp3) is 0.179. The molecule has 1 heterocycles. The number of ether oxygens (including phenoxy) is 1. The molecule has 1 amide bonds. The maximum atomic E-state index is 13.2. The summed E-state index contributed by atoms with van der Waals surface area (Å²) >= 11 is 0. The van der Waals surface area contributed by atoms with Crippen LogP contribution in [-0.4, -0.2) is 34.1 Å². The van der Waals surface area contributed by atoms with Gasteiger partial charge in [-0.15, -0.1) is 0 Å². The molecule has 0 atom stereocenters. The third kappa shape index (κ3) is 5.15. The zero-order valence-electron chi connectivity index (χ0n) is 20.0. The molecule has 7 heteroatoms. The van der Waals surface area contributed by atoms with Crippen molar-refractivity contribution in [3.05, 3.63) is 119 Å². The summed E-state index contributed by atoms with van der Waals surface area (Å²) in [7, 11) is 1.63. The molecule has 0 unspecified atom stereocenters. The zero-order chi connectivity index (χ0) is 24.8. The first-order valence-corrected chi connectivity index (χ1v) is 11.3. The lowest BCUT2D eigenvalue weighted by Crippen LogP contribution is -2.43. The highest BCUT2D eigenvalue weighted by Crippen LogP contribution is 2.30. The van der Waals surface area contributed by atoms with Gasteiger partial charge in [-0.05, 0) is 54.8 Å². The van der Waals surface area contributed by atoms with Crippen molar-refractivity contribution in [2.24, 2.45) is 5.10 Å². The maximum absolute atomic E-state index is 13.2. The SMILES string of the molecule is COc1ccc(/C=N/NC(=O)C(O)(c2ccccc2)c2ccccc2)cc1Cn1nc(C)cc1C. The van der Waals surface area contributed by atoms with Gasteiger partial charge in [-0.25, -0.2) is 5.43 Å². The Kier molecular flexibility index (Phi) is 7.08. The Morgan fingerprint density at radius 1 is 1.03 bits per heavy atom. The summed E-state index contributed by atoms with van der Waals surface area (Å²) in [6.07, 6.45) is 1.54. The topological polar surface area (TPSA) is 88.7 Å². The number of nitrogens with one attached hydrogen (secondary N) is 1. The summed E-state index contributed by atoms with van der Waals surface area (Å²) in [5.41, 5.74) is 5.23. The van der Waals surface area contributed by atoms with Crippen LogP contribution < -0.4 is 10.2 Å². The molecule has 0 aliphatic heterocycles.